The maximum atomic E-state index is 13.5. The summed E-state index contributed by atoms with van der Waals surface area (Å²) in [6.45, 7) is 2.10. The smallest absolute Gasteiger partial charge is 0.421 e. The van der Waals surface area contributed by atoms with Crippen LogP contribution in [0.3, 0.4) is 0 Å². The van der Waals surface area contributed by atoms with Crippen LogP contribution in [0, 0.1) is 0 Å². The lowest BCUT2D eigenvalue weighted by atomic mass is 9.92. The van der Waals surface area contributed by atoms with Crippen molar-refractivity contribution >= 4 is 22.7 Å². The number of nitrogens with zero attached hydrogens (tertiary/aromatic N) is 5. The van der Waals surface area contributed by atoms with Crippen LogP contribution in [0.25, 0.3) is 22.2 Å². The molecule has 2 aliphatic rings. The number of morpholine rings is 1. The molecule has 0 radical (unpaired) electrons. The average molecular weight is 497 g/mol. The van der Waals surface area contributed by atoms with E-state index in [0.717, 1.165) is 6.08 Å². The molecule has 36 heavy (non-hydrogen) atoms. The number of hydrogen-bond acceptors (Lipinski definition) is 7. The minimum atomic E-state index is -4.59. The van der Waals surface area contributed by atoms with Gasteiger partial charge in [-0.3, -0.25) is 14.8 Å². The molecule has 0 bridgehead atoms. The second kappa shape index (κ2) is 9.65. The third-order valence-corrected chi connectivity index (χ3v) is 6.17. The highest BCUT2D eigenvalue weighted by Crippen LogP contribution is 2.35. The first-order chi connectivity index (χ1) is 17.3. The maximum absolute atomic E-state index is 13.5. The van der Waals surface area contributed by atoms with E-state index in [9.17, 15) is 18.0 Å². The van der Waals surface area contributed by atoms with E-state index >= 15 is 0 Å². The van der Waals surface area contributed by atoms with Crippen molar-refractivity contribution < 1.29 is 27.4 Å². The van der Waals surface area contributed by atoms with Crippen molar-refractivity contribution in [3.8, 4) is 11.3 Å². The maximum Gasteiger partial charge on any atom is 0.421 e. The number of halogens is 3. The van der Waals surface area contributed by atoms with E-state index in [1.165, 1.54) is 19.6 Å². The van der Waals surface area contributed by atoms with Gasteiger partial charge in [-0.25, -0.2) is 9.97 Å². The molecule has 0 aliphatic carbocycles. The molecule has 11 heteroatoms. The number of dihydropyridines is 1. The standard InChI is InChI=1S/C25H22F3N5O3/c1-35-23-20(25(26,27)28)10-16(13-30-23)15-2-3-21-19(9-15)22(32-14-31-21)17-8-18(12-29-11-17)24(34)33-4-6-36-7-5-33/h2-3,8-12,14,16H,4-7,13H2,1H3. The Labute approximate surface area is 204 Å². The molecule has 0 spiro atoms. The first-order valence-corrected chi connectivity index (χ1v) is 11.3. The van der Waals surface area contributed by atoms with Crippen molar-refractivity contribution in [2.45, 2.75) is 12.1 Å². The fraction of sp³-hybridized carbons (Fsp3) is 0.320. The molecule has 1 unspecified atom stereocenters. The summed E-state index contributed by atoms with van der Waals surface area (Å²) in [5.41, 5.74) is 1.91. The number of carbonyl (C=O) groups excluding carboxylic acids is 1. The quantitative estimate of drug-likeness (QED) is 0.547. The molecule has 2 aliphatic heterocycles. The molecule has 1 fully saturated rings. The fourth-order valence-electron chi connectivity index (χ4n) is 4.35. The summed E-state index contributed by atoms with van der Waals surface area (Å²) in [4.78, 5) is 31.6. The summed E-state index contributed by atoms with van der Waals surface area (Å²) in [5, 5.41) is 0.635. The molecule has 0 saturated carbocycles. The van der Waals surface area contributed by atoms with Crippen molar-refractivity contribution in [1.82, 2.24) is 19.9 Å². The molecule has 0 N–H and O–H groups in total. The van der Waals surface area contributed by atoms with Crippen molar-refractivity contribution in [3.63, 3.8) is 0 Å². The number of pyridine rings is 1. The number of amides is 1. The molecule has 1 amide bonds. The van der Waals surface area contributed by atoms with Crippen LogP contribution in [0.1, 0.15) is 21.8 Å². The second-order valence-electron chi connectivity index (χ2n) is 8.40. The number of aliphatic imine (C=N–C) groups is 1. The zero-order valence-electron chi connectivity index (χ0n) is 19.3. The minimum Gasteiger partial charge on any atom is -0.481 e. The van der Waals surface area contributed by atoms with E-state index in [1.54, 1.807) is 35.4 Å². The summed E-state index contributed by atoms with van der Waals surface area (Å²) < 4.78 is 50.8. The predicted octanol–water partition coefficient (Wildman–Crippen LogP) is 3.80. The van der Waals surface area contributed by atoms with Crippen molar-refractivity contribution in [3.05, 3.63) is 65.8 Å². The largest absolute Gasteiger partial charge is 0.481 e. The zero-order valence-corrected chi connectivity index (χ0v) is 19.3. The Morgan fingerprint density at radius 2 is 1.94 bits per heavy atom. The van der Waals surface area contributed by atoms with E-state index in [1.807, 2.05) is 0 Å². The Balaban J connectivity index is 1.52. The van der Waals surface area contributed by atoms with Gasteiger partial charge in [0.15, 0.2) is 0 Å². The van der Waals surface area contributed by atoms with Gasteiger partial charge in [-0.2, -0.15) is 13.2 Å². The number of carbonyl (C=O) groups is 1. The Kier molecular flexibility index (Phi) is 6.40. The molecule has 186 valence electrons. The number of aromatic nitrogens is 3. The lowest BCUT2D eigenvalue weighted by Gasteiger charge is -2.26. The van der Waals surface area contributed by atoms with Crippen LogP contribution in [0.5, 0.6) is 0 Å². The van der Waals surface area contributed by atoms with Gasteiger partial charge in [-0.15, -0.1) is 0 Å². The predicted molar refractivity (Wildman–Crippen MR) is 126 cm³/mol. The number of methoxy groups -OCH3 is 1. The van der Waals surface area contributed by atoms with Crippen LogP contribution < -0.4 is 0 Å². The van der Waals surface area contributed by atoms with Crippen LogP contribution in [-0.2, 0) is 9.47 Å². The zero-order chi connectivity index (χ0) is 25.3. The highest BCUT2D eigenvalue weighted by molar-refractivity contribution is 5.98. The van der Waals surface area contributed by atoms with Gasteiger partial charge in [0.2, 0.25) is 5.90 Å². The average Bonchev–Trinajstić information content (AvgIpc) is 2.91. The molecule has 8 nitrogen and oxygen atoms in total. The summed E-state index contributed by atoms with van der Waals surface area (Å²) in [6.07, 6.45) is 1.07. The SMILES string of the molecule is COC1=NCC(c2ccc3ncnc(-c4cncc(C(=O)N5CCOCC5)c4)c3c2)C=C1C(F)(F)F. The topological polar surface area (TPSA) is 89.8 Å². The highest BCUT2D eigenvalue weighted by Gasteiger charge is 2.40. The van der Waals surface area contributed by atoms with Gasteiger partial charge >= 0.3 is 6.18 Å². The van der Waals surface area contributed by atoms with Gasteiger partial charge in [0, 0.05) is 42.4 Å². The fourth-order valence-corrected chi connectivity index (χ4v) is 4.35. The Bertz CT molecular complexity index is 1370. The Morgan fingerprint density at radius 3 is 2.69 bits per heavy atom. The Morgan fingerprint density at radius 1 is 1.14 bits per heavy atom. The van der Waals surface area contributed by atoms with Crippen LogP contribution in [0.4, 0.5) is 13.2 Å². The van der Waals surface area contributed by atoms with E-state index in [0.29, 0.717) is 59.6 Å². The highest BCUT2D eigenvalue weighted by atomic mass is 19.4. The van der Waals surface area contributed by atoms with E-state index in [2.05, 4.69) is 19.9 Å². The third-order valence-electron chi connectivity index (χ3n) is 6.17. The van der Waals surface area contributed by atoms with Crippen molar-refractivity contribution in [2.75, 3.05) is 40.0 Å². The Hall–Kier alpha value is -3.86. The number of fused-ring (bicyclic) bond motifs is 1. The minimum absolute atomic E-state index is 0.113. The van der Waals surface area contributed by atoms with Gasteiger partial charge in [-0.05, 0) is 23.8 Å². The molecule has 1 saturated heterocycles. The van der Waals surface area contributed by atoms with Gasteiger partial charge < -0.3 is 14.4 Å². The number of alkyl halides is 3. The first-order valence-electron chi connectivity index (χ1n) is 11.3. The van der Waals surface area contributed by atoms with E-state index < -0.39 is 23.6 Å². The first kappa shape index (κ1) is 23.9. The number of rotatable bonds is 3. The van der Waals surface area contributed by atoms with Crippen LogP contribution in [-0.4, -0.2) is 77.8 Å². The molecule has 4 heterocycles. The van der Waals surface area contributed by atoms with E-state index in [4.69, 9.17) is 9.47 Å². The molecule has 1 aromatic carbocycles. The molecule has 1 atom stereocenters. The third kappa shape index (κ3) is 4.66. The molecule has 5 rings (SSSR count). The van der Waals surface area contributed by atoms with Crippen molar-refractivity contribution in [2.24, 2.45) is 4.99 Å². The van der Waals surface area contributed by atoms with Gasteiger partial charge in [0.05, 0.1) is 43.6 Å². The molecular formula is C25H22F3N5O3. The lowest BCUT2D eigenvalue weighted by Crippen LogP contribution is -2.40. The van der Waals surface area contributed by atoms with Gasteiger partial charge in [0.1, 0.15) is 11.9 Å². The van der Waals surface area contributed by atoms with Crippen LogP contribution in [0.2, 0.25) is 0 Å². The summed E-state index contributed by atoms with van der Waals surface area (Å²) >= 11 is 0. The monoisotopic (exact) mass is 497 g/mol. The summed E-state index contributed by atoms with van der Waals surface area (Å²) in [7, 11) is 1.17. The van der Waals surface area contributed by atoms with Gasteiger partial charge in [-0.1, -0.05) is 12.1 Å². The van der Waals surface area contributed by atoms with Crippen LogP contribution >= 0.6 is 0 Å². The lowest BCUT2D eigenvalue weighted by molar-refractivity contribution is -0.0881. The van der Waals surface area contributed by atoms with Crippen LogP contribution in [0.15, 0.2) is 59.6 Å². The second-order valence-corrected chi connectivity index (χ2v) is 8.40. The van der Waals surface area contributed by atoms with Crippen molar-refractivity contribution in [1.29, 1.82) is 0 Å². The number of ether oxygens (including phenoxy) is 2. The normalized spacial score (nSPS) is 18.6. The number of hydrogen-bond donors (Lipinski definition) is 0. The molecule has 2 aromatic heterocycles. The molecule has 3 aromatic rings. The summed E-state index contributed by atoms with van der Waals surface area (Å²) in [6, 6.07) is 6.96. The van der Waals surface area contributed by atoms with Gasteiger partial charge in [0.25, 0.3) is 5.91 Å². The number of benzene rings is 1. The summed E-state index contributed by atoms with van der Waals surface area (Å²) in [5.74, 6) is -1.17. The molecular weight excluding hydrogens is 475 g/mol. The van der Waals surface area contributed by atoms with E-state index in [-0.39, 0.29) is 12.5 Å².